The molecule has 2 heterocycles. The van der Waals surface area contributed by atoms with Gasteiger partial charge in [-0.25, -0.2) is 14.6 Å². The first-order chi connectivity index (χ1) is 15.0. The number of benzene rings is 2. The first-order valence-corrected chi connectivity index (χ1v) is 10.3. The summed E-state index contributed by atoms with van der Waals surface area (Å²) in [6, 6.07) is 16.5. The number of nitrogens with one attached hydrogen (secondary N) is 1. The molecule has 0 amide bonds. The summed E-state index contributed by atoms with van der Waals surface area (Å²) in [4.78, 5) is 21.7. The van der Waals surface area contributed by atoms with Gasteiger partial charge in [0.05, 0.1) is 29.9 Å². The van der Waals surface area contributed by atoms with Crippen LogP contribution >= 0.6 is 11.6 Å². The predicted octanol–water partition coefficient (Wildman–Crippen LogP) is 4.08. The lowest BCUT2D eigenvalue weighted by Gasteiger charge is -2.16. The quantitative estimate of drug-likeness (QED) is 0.471. The minimum atomic E-state index is -0.145. The lowest BCUT2D eigenvalue weighted by molar-refractivity contribution is 0.303. The lowest BCUT2D eigenvalue weighted by Crippen LogP contribution is -2.25. The number of ether oxygens (including phenoxy) is 1. The predicted molar refractivity (Wildman–Crippen MR) is 122 cm³/mol. The fourth-order valence-corrected chi connectivity index (χ4v) is 3.35. The van der Waals surface area contributed by atoms with Crippen molar-refractivity contribution in [3.05, 3.63) is 87.7 Å². The molecular weight excluding hydrogens is 414 g/mol. The van der Waals surface area contributed by atoms with E-state index in [1.54, 1.807) is 24.4 Å². The van der Waals surface area contributed by atoms with Crippen LogP contribution in [-0.2, 0) is 6.54 Å². The zero-order chi connectivity index (χ0) is 21.8. The van der Waals surface area contributed by atoms with Crippen LogP contribution < -0.4 is 15.6 Å². The molecule has 158 valence electrons. The Labute approximate surface area is 184 Å². The van der Waals surface area contributed by atoms with Crippen molar-refractivity contribution in [1.82, 2.24) is 19.7 Å². The lowest BCUT2D eigenvalue weighted by atomic mass is 10.2. The third-order valence-corrected chi connectivity index (χ3v) is 4.92. The van der Waals surface area contributed by atoms with Crippen LogP contribution in [0.25, 0.3) is 10.8 Å². The minimum Gasteiger partial charge on any atom is -0.491 e. The van der Waals surface area contributed by atoms with E-state index >= 15 is 0 Å². The molecule has 1 N–H and O–H groups in total. The number of fused-ring (bicyclic) bond motifs is 1. The molecule has 4 rings (SSSR count). The number of hydrogen-bond donors (Lipinski definition) is 1. The average Bonchev–Trinajstić information content (AvgIpc) is 2.75. The summed E-state index contributed by atoms with van der Waals surface area (Å²) in [6.45, 7) is 4.53. The standard InChI is InChI=1S/C23H22ClN5O2/c1-15(14-31-20-9-7-18(24)8-10-20)26-22-11-19(27-16(2)28-22)13-29-23(30)21-6-4-3-5-17(21)12-25-29/h3-12,15H,13-14H2,1-2H3,(H,26,27,28)/t15-/m0/s1. The second-order valence-electron chi connectivity index (χ2n) is 7.30. The van der Waals surface area contributed by atoms with E-state index in [0.29, 0.717) is 34.4 Å². The Morgan fingerprint density at radius 2 is 1.90 bits per heavy atom. The Balaban J connectivity index is 1.46. The summed E-state index contributed by atoms with van der Waals surface area (Å²) in [5.74, 6) is 2.03. The number of halogens is 1. The molecule has 8 heteroatoms. The van der Waals surface area contributed by atoms with Gasteiger partial charge in [0.1, 0.15) is 24.0 Å². The van der Waals surface area contributed by atoms with Crippen molar-refractivity contribution in [3.8, 4) is 5.75 Å². The van der Waals surface area contributed by atoms with Gasteiger partial charge in [-0.2, -0.15) is 5.10 Å². The van der Waals surface area contributed by atoms with Crippen LogP contribution in [0.4, 0.5) is 5.82 Å². The van der Waals surface area contributed by atoms with Crippen LogP contribution in [-0.4, -0.2) is 32.4 Å². The van der Waals surface area contributed by atoms with Gasteiger partial charge in [0.2, 0.25) is 0 Å². The smallest absolute Gasteiger partial charge is 0.274 e. The highest BCUT2D eigenvalue weighted by Gasteiger charge is 2.10. The molecule has 31 heavy (non-hydrogen) atoms. The third-order valence-electron chi connectivity index (χ3n) is 4.67. The molecule has 1 atom stereocenters. The van der Waals surface area contributed by atoms with Crippen molar-refractivity contribution in [2.75, 3.05) is 11.9 Å². The summed E-state index contributed by atoms with van der Waals surface area (Å²) in [6.07, 6.45) is 1.69. The van der Waals surface area contributed by atoms with Crippen LogP contribution in [0, 0.1) is 6.92 Å². The van der Waals surface area contributed by atoms with Crippen LogP contribution in [0.2, 0.25) is 5.02 Å². The molecular formula is C23H22ClN5O2. The van der Waals surface area contributed by atoms with Gasteiger partial charge in [-0.1, -0.05) is 29.8 Å². The second-order valence-corrected chi connectivity index (χ2v) is 7.73. The van der Waals surface area contributed by atoms with E-state index in [1.807, 2.05) is 50.2 Å². The Morgan fingerprint density at radius 3 is 2.71 bits per heavy atom. The van der Waals surface area contributed by atoms with Crippen LogP contribution in [0.5, 0.6) is 5.75 Å². The molecule has 4 aromatic rings. The van der Waals surface area contributed by atoms with Gasteiger partial charge in [0.15, 0.2) is 0 Å². The molecule has 7 nitrogen and oxygen atoms in total. The zero-order valence-electron chi connectivity index (χ0n) is 17.2. The van der Waals surface area contributed by atoms with E-state index in [9.17, 15) is 4.79 Å². The molecule has 0 aliphatic carbocycles. The Morgan fingerprint density at radius 1 is 1.13 bits per heavy atom. The van der Waals surface area contributed by atoms with E-state index < -0.39 is 0 Å². The van der Waals surface area contributed by atoms with Gasteiger partial charge in [0, 0.05) is 16.5 Å². The van der Waals surface area contributed by atoms with Crippen molar-refractivity contribution in [2.45, 2.75) is 26.4 Å². The molecule has 0 unspecified atom stereocenters. The van der Waals surface area contributed by atoms with E-state index in [0.717, 1.165) is 11.1 Å². The minimum absolute atomic E-state index is 0.000607. The summed E-state index contributed by atoms with van der Waals surface area (Å²) in [5.41, 5.74) is 0.555. The number of anilines is 1. The Hall–Kier alpha value is -3.45. The number of aromatic nitrogens is 4. The highest BCUT2D eigenvalue weighted by Crippen LogP contribution is 2.16. The molecule has 0 aliphatic rings. The maximum atomic E-state index is 12.7. The third kappa shape index (κ3) is 5.19. The van der Waals surface area contributed by atoms with Crippen LogP contribution in [0.3, 0.4) is 0 Å². The van der Waals surface area contributed by atoms with Gasteiger partial charge in [-0.05, 0) is 44.2 Å². The second kappa shape index (κ2) is 9.14. The maximum Gasteiger partial charge on any atom is 0.274 e. The zero-order valence-corrected chi connectivity index (χ0v) is 18.0. The van der Waals surface area contributed by atoms with Gasteiger partial charge < -0.3 is 10.1 Å². The highest BCUT2D eigenvalue weighted by atomic mass is 35.5. The summed E-state index contributed by atoms with van der Waals surface area (Å²) >= 11 is 5.90. The maximum absolute atomic E-state index is 12.7. The normalized spacial score (nSPS) is 12.0. The molecule has 0 saturated heterocycles. The number of hydrogen-bond acceptors (Lipinski definition) is 6. The van der Waals surface area contributed by atoms with Gasteiger partial charge in [0.25, 0.3) is 5.56 Å². The van der Waals surface area contributed by atoms with Gasteiger partial charge in [-0.3, -0.25) is 4.79 Å². The summed E-state index contributed by atoms with van der Waals surface area (Å²) < 4.78 is 7.21. The first kappa shape index (κ1) is 20.8. The van der Waals surface area contributed by atoms with Crippen molar-refractivity contribution in [3.63, 3.8) is 0 Å². The Bertz CT molecular complexity index is 1260. The van der Waals surface area contributed by atoms with Crippen molar-refractivity contribution < 1.29 is 4.74 Å². The molecule has 2 aromatic carbocycles. The van der Waals surface area contributed by atoms with Crippen molar-refractivity contribution >= 4 is 28.2 Å². The average molecular weight is 436 g/mol. The molecule has 0 bridgehead atoms. The largest absolute Gasteiger partial charge is 0.491 e. The molecule has 0 saturated carbocycles. The van der Waals surface area contributed by atoms with E-state index in [-0.39, 0.29) is 18.1 Å². The summed E-state index contributed by atoms with van der Waals surface area (Å²) in [7, 11) is 0. The molecule has 0 fully saturated rings. The fourth-order valence-electron chi connectivity index (χ4n) is 3.22. The molecule has 0 radical (unpaired) electrons. The van der Waals surface area contributed by atoms with Gasteiger partial charge in [-0.15, -0.1) is 0 Å². The molecule has 0 aliphatic heterocycles. The van der Waals surface area contributed by atoms with Gasteiger partial charge >= 0.3 is 0 Å². The van der Waals surface area contributed by atoms with E-state index in [2.05, 4.69) is 20.4 Å². The molecule has 2 aromatic heterocycles. The van der Waals surface area contributed by atoms with E-state index in [4.69, 9.17) is 16.3 Å². The highest BCUT2D eigenvalue weighted by molar-refractivity contribution is 6.30. The van der Waals surface area contributed by atoms with E-state index in [1.165, 1.54) is 4.68 Å². The van der Waals surface area contributed by atoms with Crippen LogP contribution in [0.15, 0.2) is 65.6 Å². The summed E-state index contributed by atoms with van der Waals surface area (Å²) in [5, 5.41) is 9.73. The monoisotopic (exact) mass is 435 g/mol. The number of rotatable bonds is 7. The Kier molecular flexibility index (Phi) is 6.13. The SMILES string of the molecule is Cc1nc(Cn2ncc3ccccc3c2=O)cc(N[C@@H](C)COc2ccc(Cl)cc2)n1. The fraction of sp³-hybridized carbons (Fsp3) is 0.217. The van der Waals surface area contributed by atoms with Crippen LogP contribution in [0.1, 0.15) is 18.4 Å². The first-order valence-electron chi connectivity index (χ1n) is 9.92. The number of nitrogens with zero attached hydrogens (tertiary/aromatic N) is 4. The topological polar surface area (TPSA) is 81.9 Å². The number of aryl methyl sites for hydroxylation is 1. The van der Waals surface area contributed by atoms with Crippen molar-refractivity contribution in [2.24, 2.45) is 0 Å². The molecule has 0 spiro atoms. The van der Waals surface area contributed by atoms with Crippen molar-refractivity contribution in [1.29, 1.82) is 0 Å².